The number of ether oxygens (including phenoxy) is 1. The van der Waals surface area contributed by atoms with Crippen LogP contribution in [0.15, 0.2) is 42.5 Å². The fourth-order valence-corrected chi connectivity index (χ4v) is 4.50. The topological polar surface area (TPSA) is 65.0 Å². The number of β-amino-alcohol motifs (C(OH)–C–C–N with tert-alkyl or cyclic N) is 1. The third-order valence-electron chi connectivity index (χ3n) is 6.20. The molecule has 2 aliphatic rings. The minimum atomic E-state index is -0.535. The maximum absolute atomic E-state index is 11.5. The van der Waals surface area contributed by atoms with Crippen LogP contribution in [0.2, 0.25) is 0 Å². The summed E-state index contributed by atoms with van der Waals surface area (Å²) < 4.78 is 5.83. The Morgan fingerprint density at radius 1 is 1.03 bits per heavy atom. The minimum absolute atomic E-state index is 0.0600. The van der Waals surface area contributed by atoms with Gasteiger partial charge in [-0.05, 0) is 60.2 Å². The summed E-state index contributed by atoms with van der Waals surface area (Å²) >= 11 is 0. The monoisotopic (exact) mass is 437 g/mol. The molecule has 0 radical (unpaired) electrons. The second-order valence-corrected chi connectivity index (χ2v) is 9.38. The maximum Gasteiger partial charge on any atom is 0.224 e. The summed E-state index contributed by atoms with van der Waals surface area (Å²) in [6, 6.07) is 14.7. The lowest BCUT2D eigenvalue weighted by Gasteiger charge is -2.37. The fourth-order valence-electron chi connectivity index (χ4n) is 4.50. The van der Waals surface area contributed by atoms with E-state index in [-0.39, 0.29) is 12.5 Å². The first kappa shape index (κ1) is 22.6. The summed E-state index contributed by atoms with van der Waals surface area (Å²) in [6.45, 7) is 9.18. The van der Waals surface area contributed by atoms with Crippen LogP contribution in [0.25, 0.3) is 0 Å². The molecule has 2 aliphatic heterocycles. The first-order valence-corrected chi connectivity index (χ1v) is 11.8. The average Bonchev–Trinajstić information content (AvgIpc) is 2.78. The number of anilines is 2. The minimum Gasteiger partial charge on any atom is -0.491 e. The second-order valence-electron chi connectivity index (χ2n) is 9.38. The predicted octanol–water partition coefficient (Wildman–Crippen LogP) is 3.33. The van der Waals surface area contributed by atoms with Gasteiger partial charge in [0.1, 0.15) is 18.5 Å². The van der Waals surface area contributed by atoms with E-state index in [0.717, 1.165) is 56.0 Å². The highest BCUT2D eigenvalue weighted by molar-refractivity contribution is 5.94. The molecule has 32 heavy (non-hydrogen) atoms. The van der Waals surface area contributed by atoms with Crippen molar-refractivity contribution in [2.24, 2.45) is 5.92 Å². The van der Waals surface area contributed by atoms with Crippen molar-refractivity contribution in [2.45, 2.75) is 39.2 Å². The molecule has 1 atom stereocenters. The van der Waals surface area contributed by atoms with E-state index in [1.807, 2.05) is 18.2 Å². The Bertz CT molecular complexity index is 905. The molecule has 1 fully saturated rings. The Hall–Kier alpha value is -2.57. The van der Waals surface area contributed by atoms with Crippen molar-refractivity contribution in [3.8, 4) is 5.75 Å². The van der Waals surface area contributed by atoms with Gasteiger partial charge in [-0.15, -0.1) is 0 Å². The lowest BCUT2D eigenvalue weighted by atomic mass is 10.0. The van der Waals surface area contributed by atoms with E-state index < -0.39 is 6.10 Å². The molecule has 2 N–H and O–H groups in total. The zero-order chi connectivity index (χ0) is 22.5. The molecule has 6 heteroatoms. The molecule has 0 unspecified atom stereocenters. The van der Waals surface area contributed by atoms with Gasteiger partial charge in [-0.2, -0.15) is 0 Å². The molecular formula is C26H35N3O3. The Morgan fingerprint density at radius 2 is 1.78 bits per heavy atom. The van der Waals surface area contributed by atoms with E-state index in [4.69, 9.17) is 4.74 Å². The van der Waals surface area contributed by atoms with Crippen LogP contribution in [0.3, 0.4) is 0 Å². The van der Waals surface area contributed by atoms with E-state index in [1.54, 1.807) is 0 Å². The maximum atomic E-state index is 11.5. The van der Waals surface area contributed by atoms with Crippen molar-refractivity contribution in [1.82, 2.24) is 4.90 Å². The number of rotatable bonds is 8. The van der Waals surface area contributed by atoms with Crippen LogP contribution in [-0.2, 0) is 17.6 Å². The van der Waals surface area contributed by atoms with Gasteiger partial charge in [0.15, 0.2) is 0 Å². The number of hydrogen-bond donors (Lipinski definition) is 2. The molecule has 172 valence electrons. The Balaban J connectivity index is 1.20. The smallest absolute Gasteiger partial charge is 0.224 e. The number of nitrogens with zero attached hydrogens (tertiary/aromatic N) is 2. The van der Waals surface area contributed by atoms with Crippen molar-refractivity contribution in [3.63, 3.8) is 0 Å². The van der Waals surface area contributed by atoms with Gasteiger partial charge in [-0.1, -0.05) is 26.0 Å². The van der Waals surface area contributed by atoms with E-state index in [1.165, 1.54) is 11.3 Å². The molecule has 1 saturated heterocycles. The van der Waals surface area contributed by atoms with Crippen LogP contribution in [-0.4, -0.2) is 61.3 Å². The number of aliphatic hydroxyl groups excluding tert-OH is 1. The number of benzene rings is 2. The zero-order valence-electron chi connectivity index (χ0n) is 19.2. The largest absolute Gasteiger partial charge is 0.491 e. The summed E-state index contributed by atoms with van der Waals surface area (Å²) in [6.07, 6.45) is 1.82. The number of carbonyl (C=O) groups is 1. The van der Waals surface area contributed by atoms with Crippen LogP contribution < -0.4 is 15.0 Å². The first-order valence-electron chi connectivity index (χ1n) is 11.8. The quantitative estimate of drug-likeness (QED) is 0.663. The van der Waals surface area contributed by atoms with Gasteiger partial charge in [0.25, 0.3) is 0 Å². The van der Waals surface area contributed by atoms with Crippen LogP contribution >= 0.6 is 0 Å². The number of hydrogen-bond acceptors (Lipinski definition) is 5. The average molecular weight is 438 g/mol. The summed E-state index contributed by atoms with van der Waals surface area (Å²) in [4.78, 5) is 16.2. The number of fused-ring (bicyclic) bond motifs is 1. The van der Waals surface area contributed by atoms with Crippen molar-refractivity contribution in [2.75, 3.05) is 49.5 Å². The second kappa shape index (κ2) is 10.4. The molecule has 0 bridgehead atoms. The van der Waals surface area contributed by atoms with Crippen molar-refractivity contribution in [3.05, 3.63) is 53.6 Å². The van der Waals surface area contributed by atoms with Gasteiger partial charge in [0.2, 0.25) is 5.91 Å². The number of piperazine rings is 1. The van der Waals surface area contributed by atoms with E-state index in [9.17, 15) is 9.90 Å². The lowest BCUT2D eigenvalue weighted by molar-refractivity contribution is -0.116. The Morgan fingerprint density at radius 3 is 2.50 bits per heavy atom. The summed E-state index contributed by atoms with van der Waals surface area (Å²) in [5.41, 5.74) is 4.63. The molecule has 6 nitrogen and oxygen atoms in total. The van der Waals surface area contributed by atoms with Gasteiger partial charge in [0.05, 0.1) is 0 Å². The van der Waals surface area contributed by atoms with Crippen LogP contribution in [0.1, 0.15) is 31.4 Å². The number of amides is 1. The highest BCUT2D eigenvalue weighted by atomic mass is 16.5. The van der Waals surface area contributed by atoms with Crippen LogP contribution in [0, 0.1) is 5.92 Å². The van der Waals surface area contributed by atoms with Gasteiger partial charge >= 0.3 is 0 Å². The molecule has 4 rings (SSSR count). The Kier molecular flexibility index (Phi) is 7.33. The first-order chi connectivity index (χ1) is 15.5. The molecule has 2 heterocycles. The SMILES string of the molecule is CC(C)Cc1ccc(N2CCN(C[C@@H](O)COc3ccc4c(c3)CCC(=O)N4)CC2)cc1. The molecule has 0 aromatic heterocycles. The number of aryl methyl sites for hydroxylation is 1. The standard InChI is InChI=1S/C26H35N3O3/c1-19(2)15-20-3-6-22(7-4-20)29-13-11-28(12-14-29)17-23(30)18-32-24-8-9-25-21(16-24)5-10-26(31)27-25/h3-4,6-9,16,19,23,30H,5,10-15,17-18H2,1-2H3,(H,27,31)/t23-/m1/s1. The van der Waals surface area contributed by atoms with E-state index in [0.29, 0.717) is 18.9 Å². The third-order valence-corrected chi connectivity index (χ3v) is 6.20. The summed E-state index contributed by atoms with van der Waals surface area (Å²) in [5.74, 6) is 1.48. The molecule has 0 aliphatic carbocycles. The molecule has 0 saturated carbocycles. The molecule has 0 spiro atoms. The Labute approximate surface area is 191 Å². The van der Waals surface area contributed by atoms with Crippen LogP contribution in [0.4, 0.5) is 11.4 Å². The van der Waals surface area contributed by atoms with Gasteiger partial charge < -0.3 is 20.1 Å². The van der Waals surface area contributed by atoms with Crippen molar-refractivity contribution in [1.29, 1.82) is 0 Å². The van der Waals surface area contributed by atoms with E-state index in [2.05, 4.69) is 53.2 Å². The summed E-state index contributed by atoms with van der Waals surface area (Å²) in [5, 5.41) is 13.4. The van der Waals surface area contributed by atoms with Crippen molar-refractivity contribution < 1.29 is 14.6 Å². The molecular weight excluding hydrogens is 402 g/mol. The number of aliphatic hydroxyl groups is 1. The third kappa shape index (κ3) is 6.02. The lowest BCUT2D eigenvalue weighted by Crippen LogP contribution is -2.49. The molecule has 2 aromatic carbocycles. The molecule has 2 aromatic rings. The molecule has 1 amide bonds. The van der Waals surface area contributed by atoms with Crippen LogP contribution in [0.5, 0.6) is 5.75 Å². The summed E-state index contributed by atoms with van der Waals surface area (Å²) in [7, 11) is 0. The normalized spacial score (nSPS) is 17.8. The predicted molar refractivity (Wildman–Crippen MR) is 129 cm³/mol. The zero-order valence-corrected chi connectivity index (χ0v) is 19.2. The van der Waals surface area contributed by atoms with Gasteiger partial charge in [-0.25, -0.2) is 0 Å². The highest BCUT2D eigenvalue weighted by Gasteiger charge is 2.20. The van der Waals surface area contributed by atoms with Gasteiger partial charge in [0, 0.05) is 50.5 Å². The van der Waals surface area contributed by atoms with Crippen molar-refractivity contribution >= 4 is 17.3 Å². The number of nitrogens with one attached hydrogen (secondary N) is 1. The number of carbonyl (C=O) groups excluding carboxylic acids is 1. The van der Waals surface area contributed by atoms with Gasteiger partial charge in [-0.3, -0.25) is 9.69 Å². The van der Waals surface area contributed by atoms with E-state index >= 15 is 0 Å². The fraction of sp³-hybridized carbons (Fsp3) is 0.500. The highest BCUT2D eigenvalue weighted by Crippen LogP contribution is 2.27.